The minimum absolute atomic E-state index is 0.303. The summed E-state index contributed by atoms with van der Waals surface area (Å²) in [6.45, 7) is 2.14. The Morgan fingerprint density at radius 3 is 1.60 bits per heavy atom. The van der Waals surface area contributed by atoms with E-state index in [9.17, 15) is 0 Å². The van der Waals surface area contributed by atoms with Crippen LogP contribution in [0.2, 0.25) is 0 Å². The number of fused-ring (bicyclic) bond motifs is 13. The topological polar surface area (TPSA) is 4.93 Å². The van der Waals surface area contributed by atoms with Gasteiger partial charge in [-0.3, -0.25) is 0 Å². The van der Waals surface area contributed by atoms with Gasteiger partial charge in [0.2, 0.25) is 0 Å². The molecule has 1 heterocycles. The van der Waals surface area contributed by atoms with Crippen LogP contribution in [-0.4, -0.2) is 4.57 Å². The van der Waals surface area contributed by atoms with Crippen LogP contribution < -0.4 is 0 Å². The fourth-order valence-electron chi connectivity index (χ4n) is 8.40. The van der Waals surface area contributed by atoms with E-state index in [-0.39, 0.29) is 5.41 Å². The lowest BCUT2D eigenvalue weighted by Gasteiger charge is -2.30. The maximum atomic E-state index is 2.44. The first kappa shape index (κ1) is 24.7. The van der Waals surface area contributed by atoms with E-state index in [4.69, 9.17) is 0 Å². The molecular formula is C44H29N. The van der Waals surface area contributed by atoms with Gasteiger partial charge in [0, 0.05) is 16.5 Å². The van der Waals surface area contributed by atoms with Crippen molar-refractivity contribution in [1.82, 2.24) is 4.57 Å². The fraction of sp³-hybridized carbons (Fsp3) is 0.0455. The number of rotatable bonds is 2. The van der Waals surface area contributed by atoms with E-state index in [1.54, 1.807) is 0 Å². The fourth-order valence-corrected chi connectivity index (χ4v) is 8.40. The van der Waals surface area contributed by atoms with Crippen LogP contribution in [0.3, 0.4) is 0 Å². The lowest BCUT2D eigenvalue weighted by Crippen LogP contribution is -2.25. The van der Waals surface area contributed by atoms with E-state index in [0.717, 1.165) is 0 Å². The number of hydrogen-bond acceptors (Lipinski definition) is 0. The third kappa shape index (κ3) is 3.17. The molecule has 1 nitrogen and oxygen atoms in total. The van der Waals surface area contributed by atoms with Crippen molar-refractivity contribution in [3.63, 3.8) is 0 Å². The molecule has 0 bridgehead atoms. The van der Waals surface area contributed by atoms with Crippen molar-refractivity contribution in [1.29, 1.82) is 0 Å². The Hall–Kier alpha value is -5.66. The van der Waals surface area contributed by atoms with Crippen molar-refractivity contribution in [3.05, 3.63) is 186 Å². The summed E-state index contributed by atoms with van der Waals surface area (Å²) in [5.41, 5.74) is 18.0. The summed E-state index contributed by atoms with van der Waals surface area (Å²) in [4.78, 5) is 0. The van der Waals surface area contributed by atoms with Crippen molar-refractivity contribution >= 4 is 21.8 Å². The van der Waals surface area contributed by atoms with Gasteiger partial charge >= 0.3 is 0 Å². The molecule has 7 aromatic carbocycles. The number of aryl methyl sites for hydroxylation is 1. The molecular weight excluding hydrogens is 542 g/mol. The normalized spacial score (nSPS) is 13.6. The molecule has 0 saturated heterocycles. The first-order valence-corrected chi connectivity index (χ1v) is 15.8. The van der Waals surface area contributed by atoms with Gasteiger partial charge < -0.3 is 4.57 Å². The highest BCUT2D eigenvalue weighted by molar-refractivity contribution is 6.10. The Bertz CT molecular complexity index is 2450. The molecule has 0 N–H and O–H groups in total. The first-order chi connectivity index (χ1) is 22.2. The summed E-state index contributed by atoms with van der Waals surface area (Å²) in [5, 5.41) is 2.55. The molecule has 210 valence electrons. The average Bonchev–Trinajstić information content (AvgIpc) is 3.70. The third-order valence-corrected chi connectivity index (χ3v) is 10.3. The minimum atomic E-state index is -0.303. The standard InChI is InChI=1S/C44H29N/c1-28-18-22-31(23-19-28)45-42-17-9-5-13-35(42)37-27-30(21-25-43(37)45)29-20-24-41-36(26-29)34-12-4-8-16-40(34)44(41)38-14-6-2-10-32(38)33-11-3-7-15-39(33)44/h2-27H,1H3. The second-order valence-corrected chi connectivity index (χ2v) is 12.6. The zero-order chi connectivity index (χ0) is 29.7. The second kappa shape index (κ2) is 8.94. The number of aromatic nitrogens is 1. The van der Waals surface area contributed by atoms with E-state index >= 15 is 0 Å². The van der Waals surface area contributed by atoms with E-state index < -0.39 is 0 Å². The van der Waals surface area contributed by atoms with Gasteiger partial charge in [-0.2, -0.15) is 0 Å². The van der Waals surface area contributed by atoms with Gasteiger partial charge in [0.15, 0.2) is 0 Å². The molecule has 0 saturated carbocycles. The van der Waals surface area contributed by atoms with E-state index in [2.05, 4.69) is 169 Å². The quantitative estimate of drug-likeness (QED) is 0.194. The molecule has 2 aliphatic carbocycles. The lowest BCUT2D eigenvalue weighted by atomic mass is 9.70. The number of nitrogens with zero attached hydrogens (tertiary/aromatic N) is 1. The molecule has 8 aromatic rings. The van der Waals surface area contributed by atoms with E-state index in [1.807, 2.05) is 0 Å². The van der Waals surface area contributed by atoms with Crippen molar-refractivity contribution in [3.8, 4) is 39.1 Å². The number of para-hydroxylation sites is 1. The van der Waals surface area contributed by atoms with Crippen LogP contribution in [0, 0.1) is 6.92 Å². The van der Waals surface area contributed by atoms with Gasteiger partial charge in [-0.1, -0.05) is 127 Å². The van der Waals surface area contributed by atoms with Crippen LogP contribution in [-0.2, 0) is 5.41 Å². The number of benzene rings is 7. The van der Waals surface area contributed by atoms with Gasteiger partial charge in [-0.25, -0.2) is 0 Å². The zero-order valence-corrected chi connectivity index (χ0v) is 25.0. The van der Waals surface area contributed by atoms with E-state index in [0.29, 0.717) is 0 Å². The molecule has 2 aliphatic rings. The van der Waals surface area contributed by atoms with Crippen LogP contribution in [0.25, 0.3) is 60.9 Å². The van der Waals surface area contributed by atoms with Crippen LogP contribution >= 0.6 is 0 Å². The molecule has 1 aromatic heterocycles. The molecule has 0 atom stereocenters. The summed E-state index contributed by atoms with van der Waals surface area (Å²) >= 11 is 0. The van der Waals surface area contributed by atoms with Gasteiger partial charge in [-0.05, 0) is 99.0 Å². The van der Waals surface area contributed by atoms with Gasteiger partial charge in [-0.15, -0.1) is 0 Å². The summed E-state index contributed by atoms with van der Waals surface area (Å²) in [5.74, 6) is 0. The molecule has 1 heteroatoms. The maximum absolute atomic E-state index is 2.44. The highest BCUT2D eigenvalue weighted by Crippen LogP contribution is 2.62. The van der Waals surface area contributed by atoms with Crippen molar-refractivity contribution in [2.45, 2.75) is 12.3 Å². The van der Waals surface area contributed by atoms with Crippen molar-refractivity contribution < 1.29 is 0 Å². The third-order valence-electron chi connectivity index (χ3n) is 10.3. The first-order valence-electron chi connectivity index (χ1n) is 15.8. The Morgan fingerprint density at radius 1 is 0.400 bits per heavy atom. The molecule has 45 heavy (non-hydrogen) atoms. The highest BCUT2D eigenvalue weighted by Gasteiger charge is 2.51. The average molecular weight is 572 g/mol. The van der Waals surface area contributed by atoms with Crippen LogP contribution in [0.15, 0.2) is 158 Å². The minimum Gasteiger partial charge on any atom is -0.309 e. The van der Waals surface area contributed by atoms with Crippen molar-refractivity contribution in [2.24, 2.45) is 0 Å². The molecule has 10 rings (SSSR count). The molecule has 0 radical (unpaired) electrons. The van der Waals surface area contributed by atoms with Crippen LogP contribution in [0.1, 0.15) is 27.8 Å². The summed E-state index contributed by atoms with van der Waals surface area (Å²) in [6, 6.07) is 58.8. The van der Waals surface area contributed by atoms with Gasteiger partial charge in [0.1, 0.15) is 0 Å². The maximum Gasteiger partial charge on any atom is 0.0725 e. The number of hydrogen-bond donors (Lipinski definition) is 0. The van der Waals surface area contributed by atoms with Gasteiger partial charge in [0.25, 0.3) is 0 Å². The second-order valence-electron chi connectivity index (χ2n) is 12.6. The largest absolute Gasteiger partial charge is 0.309 e. The van der Waals surface area contributed by atoms with Crippen molar-refractivity contribution in [2.75, 3.05) is 0 Å². The zero-order valence-electron chi connectivity index (χ0n) is 25.0. The summed E-state index contributed by atoms with van der Waals surface area (Å²) in [7, 11) is 0. The Kier molecular flexibility index (Phi) is 4.91. The monoisotopic (exact) mass is 571 g/mol. The van der Waals surface area contributed by atoms with Gasteiger partial charge in [0.05, 0.1) is 16.4 Å². The summed E-state index contributed by atoms with van der Waals surface area (Å²) < 4.78 is 2.39. The lowest BCUT2D eigenvalue weighted by molar-refractivity contribution is 0.794. The highest BCUT2D eigenvalue weighted by atomic mass is 15.0. The Labute approximate surface area is 262 Å². The SMILES string of the molecule is Cc1ccc(-n2c3ccccc3c3cc(-c4ccc5c(c4)-c4ccccc4C54c5ccccc5-c5ccccc54)ccc32)cc1. The molecule has 0 fully saturated rings. The van der Waals surface area contributed by atoms with E-state index in [1.165, 1.54) is 88.7 Å². The van der Waals surface area contributed by atoms with Crippen LogP contribution in [0.4, 0.5) is 0 Å². The molecule has 0 unspecified atom stereocenters. The predicted molar refractivity (Wildman–Crippen MR) is 187 cm³/mol. The molecule has 1 spiro atoms. The Morgan fingerprint density at radius 2 is 0.911 bits per heavy atom. The smallest absolute Gasteiger partial charge is 0.0725 e. The summed E-state index contributed by atoms with van der Waals surface area (Å²) in [6.07, 6.45) is 0. The van der Waals surface area contributed by atoms with Crippen LogP contribution in [0.5, 0.6) is 0 Å². The molecule has 0 aliphatic heterocycles. The predicted octanol–water partition coefficient (Wildman–Crippen LogP) is 11.1. The Balaban J connectivity index is 1.20. The molecule has 0 amide bonds.